The zero-order chi connectivity index (χ0) is 52.8. The van der Waals surface area contributed by atoms with Crippen LogP contribution in [0.1, 0.15) is 102 Å². The fourth-order valence-electron chi connectivity index (χ4n) is 12.8. The van der Waals surface area contributed by atoms with Gasteiger partial charge in [0.05, 0.1) is 70.4 Å². The number of unbranched alkanes of at least 4 members (excludes halogenated alkanes) is 2. The lowest BCUT2D eigenvalue weighted by atomic mass is 9.42. The van der Waals surface area contributed by atoms with Crippen LogP contribution >= 0.6 is 0 Å². The van der Waals surface area contributed by atoms with Crippen LogP contribution in [-0.4, -0.2) is 151 Å². The van der Waals surface area contributed by atoms with Crippen LogP contribution in [0.15, 0.2) is 42.2 Å². The Morgan fingerprint density at radius 1 is 0.800 bits per heavy atom. The molecule has 0 saturated heterocycles. The van der Waals surface area contributed by atoms with Crippen molar-refractivity contribution in [2.45, 2.75) is 122 Å². The van der Waals surface area contributed by atoms with Crippen LogP contribution in [0.2, 0.25) is 0 Å². The molecule has 4 aliphatic carbocycles. The van der Waals surface area contributed by atoms with E-state index >= 15 is 0 Å². The van der Waals surface area contributed by atoms with E-state index in [4.69, 9.17) is 38.9 Å². The number of fused-ring (bicyclic) bond motifs is 6. The van der Waals surface area contributed by atoms with Gasteiger partial charge in [-0.15, -0.1) is 0 Å². The molecule has 3 heterocycles. The van der Waals surface area contributed by atoms with Crippen molar-refractivity contribution in [2.75, 3.05) is 84.9 Å². The van der Waals surface area contributed by atoms with Crippen molar-refractivity contribution >= 4 is 40.8 Å². The highest BCUT2D eigenvalue weighted by Gasteiger charge is 2.70. The van der Waals surface area contributed by atoms with E-state index in [-0.39, 0.29) is 91.9 Å². The fraction of sp³-hybridized carbons (Fsp3) is 0.685. The van der Waals surface area contributed by atoms with Gasteiger partial charge in [0, 0.05) is 37.5 Å². The predicted molar refractivity (Wildman–Crippen MR) is 273 cm³/mol. The third-order valence-electron chi connectivity index (χ3n) is 17.0. The Hall–Kier alpha value is -5.29. The van der Waals surface area contributed by atoms with Gasteiger partial charge in [-0.1, -0.05) is 44.5 Å². The van der Waals surface area contributed by atoms with E-state index in [1.165, 1.54) is 6.33 Å². The summed E-state index contributed by atoms with van der Waals surface area (Å²) in [5.41, 5.74) is 7.75. The van der Waals surface area contributed by atoms with Crippen molar-refractivity contribution in [3.8, 4) is 5.88 Å². The molecule has 8 N–H and O–H groups in total. The van der Waals surface area contributed by atoms with Crippen LogP contribution in [0.5, 0.6) is 5.88 Å². The number of esters is 1. The predicted octanol–water partition coefficient (Wildman–Crippen LogP) is 3.60. The molecular formula is C54H78N8O13. The average Bonchev–Trinajstić information content (AvgIpc) is 4.13. The van der Waals surface area contributed by atoms with E-state index in [0.717, 1.165) is 74.5 Å². The van der Waals surface area contributed by atoms with Gasteiger partial charge in [0.2, 0.25) is 29.5 Å². The van der Waals surface area contributed by atoms with Gasteiger partial charge in [0.15, 0.2) is 5.65 Å². The molecule has 8 rings (SSSR count). The van der Waals surface area contributed by atoms with Gasteiger partial charge in [-0.05, 0) is 110 Å². The number of imidazole rings is 1. The number of nitrogen functional groups attached to an aromatic ring is 1. The molecule has 5 aliphatic rings. The molecule has 4 saturated carbocycles. The van der Waals surface area contributed by atoms with Crippen LogP contribution in [-0.2, 0) is 60.8 Å². The first kappa shape index (κ1) is 55.9. The maximum Gasteiger partial charge on any atom is 0.331 e. The number of aliphatic hydroxyl groups excluding tert-OH is 1. The highest BCUT2D eigenvalue weighted by molar-refractivity contribution is 5.85. The van der Waals surface area contributed by atoms with E-state index < -0.39 is 17.1 Å². The number of H-pyrrole nitrogens is 1. The molecule has 75 heavy (non-hydrogen) atoms. The van der Waals surface area contributed by atoms with Crippen molar-refractivity contribution in [1.29, 1.82) is 0 Å². The van der Waals surface area contributed by atoms with Gasteiger partial charge >= 0.3 is 5.97 Å². The molecule has 21 heteroatoms. The van der Waals surface area contributed by atoms with Gasteiger partial charge in [-0.25, -0.2) is 9.78 Å². The standard InChI is InChI=1S/C54H78N8O13/c1-52-15-13-39(27-38(52)11-12-41-42(52)28-43(63)53(2)40(14-16-54(41,53)68)37-26-47(67)74-31-37)73-33-46(66)56-17-5-3-4-6-44(64)57-18-19-69-20-21-70-22-23-71-24-25-72-32-45(65)58-29-35-7-9-36(10-8-35)30-75-50-48-49(60-34-59-48)61-51(55)62-50/h7-10,26,34,38-43,63,68H,3-6,11-25,27-33H2,1-2H3,(H,56,66)(H,57,64)(H,58,65)(H3,55,59,60,61,62)/t38-,39+,40-,41-,42+,43-,52+,53+,54+/m1/s1. The smallest absolute Gasteiger partial charge is 0.331 e. The first-order valence-electron chi connectivity index (χ1n) is 26.9. The number of ether oxygens (including phenoxy) is 7. The van der Waals surface area contributed by atoms with E-state index in [1.54, 1.807) is 6.08 Å². The minimum absolute atomic E-state index is 0.000773. The number of aromatic amines is 1. The number of hydrogen-bond acceptors (Lipinski definition) is 17. The molecule has 0 radical (unpaired) electrons. The number of rotatable bonds is 29. The number of aromatic nitrogens is 4. The molecular weight excluding hydrogens is 969 g/mol. The Kier molecular flexibility index (Phi) is 19.5. The summed E-state index contributed by atoms with van der Waals surface area (Å²) in [6.07, 6.45) is 11.7. The minimum atomic E-state index is -0.998. The quantitative estimate of drug-likeness (QED) is 0.0386. The number of nitrogens with two attached hydrogens (primary N) is 1. The third kappa shape index (κ3) is 13.8. The van der Waals surface area contributed by atoms with Crippen LogP contribution in [0, 0.1) is 34.5 Å². The molecule has 3 amide bonds. The summed E-state index contributed by atoms with van der Waals surface area (Å²) in [5, 5.41) is 33.0. The SMILES string of the molecule is C[C@]12CC[C@H](OCC(=O)NCCCCCC(=O)NCCOCCOCCOCCOCC(=O)NCc3ccc(COc4nc(N)nc5nc[nH]c45)cc3)C[C@H]1CC[C@@H]1[C@@H]2C[C@@H](O)[C@]2(C)[C@@H](C3=CC(=O)OC3)CC[C@]12O. The Morgan fingerprint density at radius 3 is 2.28 bits per heavy atom. The maximum absolute atomic E-state index is 12.7. The number of benzene rings is 1. The lowest BCUT2D eigenvalue weighted by Gasteiger charge is -2.65. The van der Waals surface area contributed by atoms with E-state index in [9.17, 15) is 29.4 Å². The molecule has 412 valence electrons. The number of cyclic esters (lactones) is 1. The first-order chi connectivity index (χ1) is 36.3. The van der Waals surface area contributed by atoms with Crippen molar-refractivity contribution in [3.05, 3.63) is 53.4 Å². The van der Waals surface area contributed by atoms with Crippen LogP contribution < -0.4 is 26.4 Å². The number of aliphatic hydroxyl groups is 2. The molecule has 2 aromatic heterocycles. The largest absolute Gasteiger partial charge is 0.471 e. The lowest BCUT2D eigenvalue weighted by molar-refractivity contribution is -0.245. The first-order valence-corrected chi connectivity index (χ1v) is 26.9. The number of amides is 3. The van der Waals surface area contributed by atoms with Crippen molar-refractivity contribution < 1.29 is 62.5 Å². The summed E-state index contributed by atoms with van der Waals surface area (Å²) >= 11 is 0. The molecule has 4 fully saturated rings. The Bertz CT molecular complexity index is 2420. The second kappa shape index (κ2) is 26.2. The van der Waals surface area contributed by atoms with Gasteiger partial charge in [-0.2, -0.15) is 9.97 Å². The van der Waals surface area contributed by atoms with Crippen molar-refractivity contribution in [1.82, 2.24) is 35.9 Å². The van der Waals surface area contributed by atoms with Gasteiger partial charge < -0.3 is 70.0 Å². The average molecular weight is 1050 g/mol. The summed E-state index contributed by atoms with van der Waals surface area (Å²) < 4.78 is 39.2. The molecule has 1 aliphatic heterocycles. The number of nitrogens with one attached hydrogen (secondary N) is 4. The van der Waals surface area contributed by atoms with Gasteiger partial charge in [0.25, 0.3) is 0 Å². The van der Waals surface area contributed by atoms with E-state index in [0.29, 0.717) is 101 Å². The summed E-state index contributed by atoms with van der Waals surface area (Å²) in [4.78, 5) is 64.4. The number of nitrogens with zero attached hydrogens (tertiary/aromatic N) is 3. The lowest BCUT2D eigenvalue weighted by Crippen LogP contribution is -2.67. The summed E-state index contributed by atoms with van der Waals surface area (Å²) in [6, 6.07) is 7.63. The topological polar surface area (TPSA) is 290 Å². The van der Waals surface area contributed by atoms with Crippen LogP contribution in [0.25, 0.3) is 11.2 Å². The Balaban J connectivity index is 0.566. The monoisotopic (exact) mass is 1050 g/mol. The highest BCUT2D eigenvalue weighted by atomic mass is 16.6. The number of carbonyl (C=O) groups is 4. The zero-order valence-corrected chi connectivity index (χ0v) is 43.6. The zero-order valence-electron chi connectivity index (χ0n) is 43.6. The number of anilines is 1. The van der Waals surface area contributed by atoms with Crippen molar-refractivity contribution in [2.24, 2.45) is 34.5 Å². The van der Waals surface area contributed by atoms with E-state index in [1.807, 2.05) is 31.2 Å². The molecule has 0 spiro atoms. The normalized spacial score (nSPS) is 27.9. The third-order valence-corrected chi connectivity index (χ3v) is 17.0. The van der Waals surface area contributed by atoms with E-state index in [2.05, 4.69) is 42.8 Å². The summed E-state index contributed by atoms with van der Waals surface area (Å²) in [6.45, 7) is 8.67. The molecule has 3 aromatic rings. The molecule has 21 nitrogen and oxygen atoms in total. The molecule has 0 unspecified atom stereocenters. The maximum atomic E-state index is 12.7. The van der Waals surface area contributed by atoms with Gasteiger partial charge in [-0.3, -0.25) is 14.4 Å². The molecule has 9 atom stereocenters. The summed E-state index contributed by atoms with van der Waals surface area (Å²) in [7, 11) is 0. The second-order valence-electron chi connectivity index (χ2n) is 21.3. The summed E-state index contributed by atoms with van der Waals surface area (Å²) in [5.74, 6) is 0.285. The van der Waals surface area contributed by atoms with Crippen LogP contribution in [0.4, 0.5) is 5.95 Å². The fourth-order valence-corrected chi connectivity index (χ4v) is 12.8. The minimum Gasteiger partial charge on any atom is -0.471 e. The molecule has 1 aromatic carbocycles. The number of hydrogen-bond donors (Lipinski definition) is 7. The van der Waals surface area contributed by atoms with Crippen molar-refractivity contribution in [3.63, 3.8) is 0 Å². The molecule has 0 bridgehead atoms. The Morgan fingerprint density at radius 2 is 1.52 bits per heavy atom. The number of carbonyl (C=O) groups excluding carboxylic acids is 4. The van der Waals surface area contributed by atoms with Crippen LogP contribution in [0.3, 0.4) is 0 Å². The second-order valence-corrected chi connectivity index (χ2v) is 21.3. The Labute approximate surface area is 438 Å². The van der Waals surface area contributed by atoms with Gasteiger partial charge in [0.1, 0.15) is 31.9 Å². The highest BCUT2D eigenvalue weighted by Crippen LogP contribution is 2.70.